The average molecular weight is 367 g/mol. The maximum Gasteiger partial charge on any atom is 0.328 e. The van der Waals surface area contributed by atoms with Crippen molar-refractivity contribution in [2.45, 2.75) is 37.8 Å². The third kappa shape index (κ3) is 2.30. The van der Waals surface area contributed by atoms with E-state index in [4.69, 9.17) is 0 Å². The van der Waals surface area contributed by atoms with Gasteiger partial charge in [-0.15, -0.1) is 0 Å². The summed E-state index contributed by atoms with van der Waals surface area (Å²) in [6.07, 6.45) is 1.66. The fourth-order valence-electron chi connectivity index (χ4n) is 2.36. The summed E-state index contributed by atoms with van der Waals surface area (Å²) in [6, 6.07) is -1.43. The number of hydrogen-bond acceptors (Lipinski definition) is 4. The quantitative estimate of drug-likeness (QED) is 0.526. The Labute approximate surface area is 118 Å². The molecule has 0 spiro atoms. The summed E-state index contributed by atoms with van der Waals surface area (Å²) in [5.41, 5.74) is 0. The standard InChI is InChI=1S/C10H14IN3O4/c11-12-6-3-4-8(15)13-5-1-2-7(10(17)18)14(13)9(6)16/h6-7,12H,1-5H2,(H,17,18)/t6-,7-/m0/s1. The Balaban J connectivity index is 2.34. The monoisotopic (exact) mass is 367 g/mol. The molecule has 7 nitrogen and oxygen atoms in total. The Morgan fingerprint density at radius 1 is 1.39 bits per heavy atom. The van der Waals surface area contributed by atoms with Crippen molar-refractivity contribution < 1.29 is 19.5 Å². The topological polar surface area (TPSA) is 90.0 Å². The van der Waals surface area contributed by atoms with Crippen molar-refractivity contribution in [1.29, 1.82) is 0 Å². The van der Waals surface area contributed by atoms with Crippen LogP contribution in [0.1, 0.15) is 25.7 Å². The van der Waals surface area contributed by atoms with Crippen LogP contribution >= 0.6 is 22.9 Å². The maximum atomic E-state index is 12.3. The largest absolute Gasteiger partial charge is 0.480 e. The minimum atomic E-state index is -1.06. The molecule has 0 unspecified atom stereocenters. The van der Waals surface area contributed by atoms with Gasteiger partial charge in [0.25, 0.3) is 5.91 Å². The predicted octanol–water partition coefficient (Wildman–Crippen LogP) is -0.0924. The first-order chi connectivity index (χ1) is 8.56. The van der Waals surface area contributed by atoms with Crippen LogP contribution in [0.4, 0.5) is 0 Å². The molecule has 18 heavy (non-hydrogen) atoms. The number of nitrogens with zero attached hydrogens (tertiary/aromatic N) is 2. The number of hydrazine groups is 1. The van der Waals surface area contributed by atoms with Crippen molar-refractivity contribution in [3.05, 3.63) is 0 Å². The van der Waals surface area contributed by atoms with E-state index in [0.29, 0.717) is 25.8 Å². The van der Waals surface area contributed by atoms with E-state index in [2.05, 4.69) is 3.53 Å². The van der Waals surface area contributed by atoms with E-state index >= 15 is 0 Å². The van der Waals surface area contributed by atoms with Gasteiger partial charge >= 0.3 is 5.97 Å². The highest BCUT2D eigenvalue weighted by molar-refractivity contribution is 14.1. The van der Waals surface area contributed by atoms with Gasteiger partial charge in [0.2, 0.25) is 5.91 Å². The van der Waals surface area contributed by atoms with Crippen molar-refractivity contribution in [3.8, 4) is 0 Å². The van der Waals surface area contributed by atoms with Gasteiger partial charge in [0.15, 0.2) is 6.04 Å². The highest BCUT2D eigenvalue weighted by Crippen LogP contribution is 2.24. The molecule has 2 N–H and O–H groups in total. The van der Waals surface area contributed by atoms with E-state index in [-0.39, 0.29) is 18.2 Å². The fourth-order valence-corrected chi connectivity index (χ4v) is 2.94. The zero-order chi connectivity index (χ0) is 13.3. The number of rotatable bonds is 2. The third-order valence-electron chi connectivity index (χ3n) is 3.28. The van der Waals surface area contributed by atoms with Crippen LogP contribution in [0.25, 0.3) is 0 Å². The smallest absolute Gasteiger partial charge is 0.328 e. The lowest BCUT2D eigenvalue weighted by Gasteiger charge is -2.41. The van der Waals surface area contributed by atoms with Crippen molar-refractivity contribution in [1.82, 2.24) is 13.5 Å². The number of halogens is 1. The summed E-state index contributed by atoms with van der Waals surface area (Å²) in [7, 11) is 0. The number of carbonyl (C=O) groups is 3. The van der Waals surface area contributed by atoms with Crippen LogP contribution in [0.15, 0.2) is 0 Å². The van der Waals surface area contributed by atoms with Crippen LogP contribution in [0.3, 0.4) is 0 Å². The van der Waals surface area contributed by atoms with Gasteiger partial charge in [-0.2, -0.15) is 0 Å². The Hall–Kier alpha value is -0.900. The first-order valence-electron chi connectivity index (χ1n) is 5.78. The van der Waals surface area contributed by atoms with Crippen LogP contribution in [-0.2, 0) is 14.4 Å². The molecule has 100 valence electrons. The molecular formula is C10H14IN3O4. The highest BCUT2D eigenvalue weighted by atomic mass is 127. The van der Waals surface area contributed by atoms with Crippen LogP contribution in [-0.4, -0.2) is 51.5 Å². The van der Waals surface area contributed by atoms with Gasteiger partial charge < -0.3 is 5.11 Å². The summed E-state index contributed by atoms with van der Waals surface area (Å²) < 4.78 is 2.81. The molecule has 0 bridgehead atoms. The molecular weight excluding hydrogens is 353 g/mol. The average Bonchev–Trinajstić information content (AvgIpc) is 2.48. The lowest BCUT2D eigenvalue weighted by atomic mass is 10.1. The normalized spacial score (nSPS) is 28.9. The first kappa shape index (κ1) is 13.5. The third-order valence-corrected chi connectivity index (χ3v) is 4.03. The Morgan fingerprint density at radius 3 is 2.72 bits per heavy atom. The number of nitrogens with one attached hydrogen (secondary N) is 1. The summed E-state index contributed by atoms with van der Waals surface area (Å²) in [6.45, 7) is 0.419. The molecule has 0 aromatic heterocycles. The fraction of sp³-hybridized carbons (Fsp3) is 0.700. The van der Waals surface area contributed by atoms with Crippen LogP contribution in [0.5, 0.6) is 0 Å². The van der Waals surface area contributed by atoms with E-state index < -0.39 is 18.1 Å². The van der Waals surface area contributed by atoms with E-state index in [1.165, 1.54) is 5.01 Å². The Bertz CT molecular complexity index is 389. The zero-order valence-corrected chi connectivity index (χ0v) is 11.8. The van der Waals surface area contributed by atoms with Gasteiger partial charge in [-0.05, 0) is 19.3 Å². The summed E-state index contributed by atoms with van der Waals surface area (Å²) >= 11 is 1.86. The predicted molar refractivity (Wildman–Crippen MR) is 69.4 cm³/mol. The number of hydrogen-bond donors (Lipinski definition) is 2. The molecule has 0 saturated carbocycles. The lowest BCUT2D eigenvalue weighted by Crippen LogP contribution is -2.61. The van der Waals surface area contributed by atoms with E-state index in [1.807, 2.05) is 22.9 Å². The minimum Gasteiger partial charge on any atom is -0.480 e. The number of carbonyl (C=O) groups excluding carboxylic acids is 2. The van der Waals surface area contributed by atoms with Gasteiger partial charge in [-0.3, -0.25) is 14.6 Å². The molecule has 2 rings (SSSR count). The number of carboxylic acid groups (broad SMARTS) is 1. The van der Waals surface area contributed by atoms with E-state index in [0.717, 1.165) is 5.01 Å². The number of fused-ring (bicyclic) bond motifs is 1. The highest BCUT2D eigenvalue weighted by Gasteiger charge is 2.43. The maximum absolute atomic E-state index is 12.3. The Morgan fingerprint density at radius 2 is 2.11 bits per heavy atom. The van der Waals surface area contributed by atoms with Gasteiger partial charge in [-0.25, -0.2) is 13.3 Å². The molecule has 0 aromatic rings. The van der Waals surface area contributed by atoms with Crippen molar-refractivity contribution in [2.75, 3.05) is 6.54 Å². The molecule has 2 heterocycles. The summed E-state index contributed by atoms with van der Waals surface area (Å²) in [5, 5.41) is 11.6. The second-order valence-electron chi connectivity index (χ2n) is 4.40. The second-order valence-corrected chi connectivity index (χ2v) is 5.02. The lowest BCUT2D eigenvalue weighted by molar-refractivity contribution is -0.180. The van der Waals surface area contributed by atoms with Crippen molar-refractivity contribution in [2.24, 2.45) is 0 Å². The number of aliphatic carboxylic acids is 1. The molecule has 2 amide bonds. The minimum absolute atomic E-state index is 0.177. The summed E-state index contributed by atoms with van der Waals surface area (Å²) in [4.78, 5) is 35.4. The van der Waals surface area contributed by atoms with Gasteiger partial charge in [0.1, 0.15) is 0 Å². The zero-order valence-electron chi connectivity index (χ0n) is 9.63. The number of amides is 2. The van der Waals surface area contributed by atoms with Crippen LogP contribution in [0, 0.1) is 0 Å². The van der Waals surface area contributed by atoms with Gasteiger partial charge in [0, 0.05) is 35.8 Å². The molecule has 2 aliphatic heterocycles. The van der Waals surface area contributed by atoms with Gasteiger partial charge in [-0.1, -0.05) is 0 Å². The molecule has 8 heteroatoms. The second kappa shape index (κ2) is 5.39. The molecule has 2 fully saturated rings. The molecule has 0 aromatic carbocycles. The van der Waals surface area contributed by atoms with Gasteiger partial charge in [0.05, 0.1) is 6.04 Å². The first-order valence-corrected chi connectivity index (χ1v) is 6.86. The molecule has 2 saturated heterocycles. The SMILES string of the molecule is O=C(O)[C@@H]1CCCN2C(=O)CC[C@H](NI)C(=O)N12. The summed E-state index contributed by atoms with van der Waals surface area (Å²) in [5.74, 6) is -1.57. The molecule has 0 radical (unpaired) electrons. The van der Waals surface area contributed by atoms with Crippen LogP contribution in [0.2, 0.25) is 0 Å². The van der Waals surface area contributed by atoms with E-state index in [9.17, 15) is 19.5 Å². The molecule has 2 aliphatic rings. The van der Waals surface area contributed by atoms with E-state index in [1.54, 1.807) is 0 Å². The molecule has 0 aliphatic carbocycles. The Kier molecular flexibility index (Phi) is 4.05. The van der Waals surface area contributed by atoms with Crippen LogP contribution < -0.4 is 3.53 Å². The number of carboxylic acids is 1. The molecule has 2 atom stereocenters. The van der Waals surface area contributed by atoms with Crippen molar-refractivity contribution in [3.63, 3.8) is 0 Å². The van der Waals surface area contributed by atoms with Crippen molar-refractivity contribution >= 4 is 40.6 Å².